The fourth-order valence-corrected chi connectivity index (χ4v) is 1.45. The number of H-pyrrole nitrogens is 1. The SMILES string of the molecule is Clc1cnnc2c(Br)c[nH]c12. The zero-order valence-electron chi connectivity index (χ0n) is 5.31. The third-order valence-electron chi connectivity index (χ3n) is 1.37. The fraction of sp³-hybridized carbons (Fsp3) is 0. The van der Waals surface area contributed by atoms with Crippen LogP contribution in [0.4, 0.5) is 0 Å². The predicted octanol–water partition coefficient (Wildman–Crippen LogP) is 2.37. The van der Waals surface area contributed by atoms with Gasteiger partial charge in [-0.15, -0.1) is 5.10 Å². The van der Waals surface area contributed by atoms with Gasteiger partial charge in [-0.05, 0) is 15.9 Å². The summed E-state index contributed by atoms with van der Waals surface area (Å²) < 4.78 is 0.877. The lowest BCUT2D eigenvalue weighted by Crippen LogP contribution is -1.80. The van der Waals surface area contributed by atoms with Gasteiger partial charge in [0.25, 0.3) is 0 Å². The second-order valence-corrected chi connectivity index (χ2v) is 3.31. The largest absolute Gasteiger partial charge is 0.357 e. The maximum absolute atomic E-state index is 5.82. The molecule has 5 heteroatoms. The molecule has 56 valence electrons. The first-order valence-electron chi connectivity index (χ1n) is 2.93. The molecule has 0 unspecified atom stereocenters. The third kappa shape index (κ3) is 1.02. The average Bonchev–Trinajstić information content (AvgIpc) is 2.35. The van der Waals surface area contributed by atoms with E-state index in [1.54, 1.807) is 6.20 Å². The van der Waals surface area contributed by atoms with E-state index in [4.69, 9.17) is 11.6 Å². The van der Waals surface area contributed by atoms with Gasteiger partial charge in [-0.2, -0.15) is 5.10 Å². The summed E-state index contributed by atoms with van der Waals surface area (Å²) in [6, 6.07) is 0. The number of nitrogens with one attached hydrogen (secondary N) is 1. The van der Waals surface area contributed by atoms with E-state index in [9.17, 15) is 0 Å². The molecule has 0 aliphatic heterocycles. The van der Waals surface area contributed by atoms with Crippen LogP contribution in [-0.2, 0) is 0 Å². The van der Waals surface area contributed by atoms with E-state index in [2.05, 4.69) is 31.1 Å². The molecule has 0 radical (unpaired) electrons. The van der Waals surface area contributed by atoms with Gasteiger partial charge in [0.15, 0.2) is 0 Å². The second-order valence-electron chi connectivity index (χ2n) is 2.05. The Morgan fingerprint density at radius 1 is 1.55 bits per heavy atom. The van der Waals surface area contributed by atoms with E-state index in [-0.39, 0.29) is 0 Å². The summed E-state index contributed by atoms with van der Waals surface area (Å²) in [5.41, 5.74) is 1.58. The highest BCUT2D eigenvalue weighted by atomic mass is 79.9. The highest BCUT2D eigenvalue weighted by molar-refractivity contribution is 9.10. The van der Waals surface area contributed by atoms with E-state index >= 15 is 0 Å². The number of nitrogens with zero attached hydrogens (tertiary/aromatic N) is 2. The Bertz CT molecular complexity index is 398. The van der Waals surface area contributed by atoms with Crippen LogP contribution >= 0.6 is 27.5 Å². The quantitative estimate of drug-likeness (QED) is 0.758. The van der Waals surface area contributed by atoms with E-state index in [0.29, 0.717) is 5.02 Å². The number of fused-ring (bicyclic) bond motifs is 1. The number of aromatic amines is 1. The Hall–Kier alpha value is -0.610. The minimum atomic E-state index is 0.584. The molecule has 0 saturated heterocycles. The average molecular weight is 232 g/mol. The summed E-state index contributed by atoms with van der Waals surface area (Å²) in [6.45, 7) is 0. The van der Waals surface area contributed by atoms with Crippen molar-refractivity contribution >= 4 is 38.6 Å². The molecule has 0 spiro atoms. The molecule has 0 aliphatic rings. The number of hydrogen-bond acceptors (Lipinski definition) is 2. The van der Waals surface area contributed by atoms with Crippen molar-refractivity contribution in [3.63, 3.8) is 0 Å². The van der Waals surface area contributed by atoms with Gasteiger partial charge in [0.05, 0.1) is 21.2 Å². The highest BCUT2D eigenvalue weighted by Crippen LogP contribution is 2.25. The van der Waals surface area contributed by atoms with Gasteiger partial charge < -0.3 is 4.98 Å². The fourth-order valence-electron chi connectivity index (χ4n) is 0.873. The van der Waals surface area contributed by atoms with Crippen LogP contribution in [0.25, 0.3) is 11.0 Å². The smallest absolute Gasteiger partial charge is 0.126 e. The lowest BCUT2D eigenvalue weighted by molar-refractivity contribution is 1.07. The predicted molar refractivity (Wildman–Crippen MR) is 46.6 cm³/mol. The van der Waals surface area contributed by atoms with E-state index in [1.165, 1.54) is 6.20 Å². The molecule has 3 nitrogen and oxygen atoms in total. The van der Waals surface area contributed by atoms with Gasteiger partial charge in [0, 0.05) is 6.20 Å². The summed E-state index contributed by atoms with van der Waals surface area (Å²) in [5.74, 6) is 0. The Morgan fingerprint density at radius 2 is 2.36 bits per heavy atom. The van der Waals surface area contributed by atoms with Crippen LogP contribution in [0.15, 0.2) is 16.9 Å². The Balaban J connectivity index is 2.94. The van der Waals surface area contributed by atoms with Gasteiger partial charge in [0.2, 0.25) is 0 Å². The van der Waals surface area contributed by atoms with Crippen LogP contribution in [0.2, 0.25) is 5.02 Å². The molecule has 1 N–H and O–H groups in total. The minimum Gasteiger partial charge on any atom is -0.357 e. The van der Waals surface area contributed by atoms with Gasteiger partial charge in [-0.1, -0.05) is 11.6 Å². The summed E-state index contributed by atoms with van der Waals surface area (Å²) in [5, 5.41) is 8.19. The molecule has 0 atom stereocenters. The van der Waals surface area contributed by atoms with Crippen LogP contribution in [0, 0.1) is 0 Å². The van der Waals surface area contributed by atoms with Crippen molar-refractivity contribution in [2.24, 2.45) is 0 Å². The molecule has 2 heterocycles. The molecule has 2 aromatic heterocycles. The first kappa shape index (κ1) is 7.06. The van der Waals surface area contributed by atoms with E-state index < -0.39 is 0 Å². The Morgan fingerprint density at radius 3 is 3.09 bits per heavy atom. The molecule has 2 aromatic rings. The number of hydrogen-bond donors (Lipinski definition) is 1. The van der Waals surface area contributed by atoms with Gasteiger partial charge in [-0.25, -0.2) is 0 Å². The maximum Gasteiger partial charge on any atom is 0.126 e. The normalized spacial score (nSPS) is 10.7. The lowest BCUT2D eigenvalue weighted by atomic mass is 10.4. The standard InChI is InChI=1S/C6H3BrClN3/c7-3-1-9-6-4(8)2-10-11-5(3)6/h1-2,9H. The second kappa shape index (κ2) is 2.46. The van der Waals surface area contributed by atoms with Gasteiger partial charge >= 0.3 is 0 Å². The van der Waals surface area contributed by atoms with Crippen molar-refractivity contribution in [2.75, 3.05) is 0 Å². The van der Waals surface area contributed by atoms with Crippen LogP contribution in [0.3, 0.4) is 0 Å². The van der Waals surface area contributed by atoms with Crippen molar-refractivity contribution in [3.05, 3.63) is 21.9 Å². The summed E-state index contributed by atoms with van der Waals surface area (Å²) in [7, 11) is 0. The summed E-state index contributed by atoms with van der Waals surface area (Å²) in [6.07, 6.45) is 3.29. The van der Waals surface area contributed by atoms with Gasteiger partial charge in [-0.3, -0.25) is 0 Å². The zero-order valence-corrected chi connectivity index (χ0v) is 7.65. The first-order valence-corrected chi connectivity index (χ1v) is 4.10. The molecule has 11 heavy (non-hydrogen) atoms. The van der Waals surface area contributed by atoms with Crippen molar-refractivity contribution in [3.8, 4) is 0 Å². The van der Waals surface area contributed by atoms with Crippen LogP contribution in [0.5, 0.6) is 0 Å². The molecular weight excluding hydrogens is 229 g/mol. The van der Waals surface area contributed by atoms with E-state index in [0.717, 1.165) is 15.5 Å². The van der Waals surface area contributed by atoms with Crippen LogP contribution < -0.4 is 0 Å². The monoisotopic (exact) mass is 231 g/mol. The van der Waals surface area contributed by atoms with E-state index in [1.807, 2.05) is 0 Å². The van der Waals surface area contributed by atoms with Crippen molar-refractivity contribution < 1.29 is 0 Å². The topological polar surface area (TPSA) is 41.6 Å². The van der Waals surface area contributed by atoms with Crippen molar-refractivity contribution in [1.29, 1.82) is 0 Å². The molecular formula is C6H3BrClN3. The molecule has 0 aliphatic carbocycles. The molecule has 0 amide bonds. The number of aromatic nitrogens is 3. The molecule has 2 rings (SSSR count). The highest BCUT2D eigenvalue weighted by Gasteiger charge is 2.04. The Kier molecular flexibility index (Phi) is 1.58. The third-order valence-corrected chi connectivity index (χ3v) is 2.26. The summed E-state index contributed by atoms with van der Waals surface area (Å²) >= 11 is 9.12. The zero-order chi connectivity index (χ0) is 7.84. The lowest BCUT2D eigenvalue weighted by Gasteiger charge is -1.89. The van der Waals surface area contributed by atoms with Crippen molar-refractivity contribution in [1.82, 2.24) is 15.2 Å². The van der Waals surface area contributed by atoms with Crippen molar-refractivity contribution in [2.45, 2.75) is 0 Å². The Labute approximate surface area is 75.9 Å². The molecule has 0 fully saturated rings. The number of halogens is 2. The van der Waals surface area contributed by atoms with Gasteiger partial charge in [0.1, 0.15) is 5.52 Å². The molecule has 0 bridgehead atoms. The maximum atomic E-state index is 5.82. The first-order chi connectivity index (χ1) is 5.29. The van der Waals surface area contributed by atoms with Crippen LogP contribution in [0.1, 0.15) is 0 Å². The van der Waals surface area contributed by atoms with Crippen LogP contribution in [-0.4, -0.2) is 15.2 Å². The molecule has 0 saturated carbocycles. The summed E-state index contributed by atoms with van der Waals surface area (Å²) in [4.78, 5) is 2.97. The number of rotatable bonds is 0. The molecule has 0 aromatic carbocycles. The minimum absolute atomic E-state index is 0.584.